The number of nitrogens with zero attached hydrogens (tertiary/aromatic N) is 2. The van der Waals surface area contributed by atoms with Crippen molar-refractivity contribution < 1.29 is 9.90 Å². The van der Waals surface area contributed by atoms with E-state index in [2.05, 4.69) is 5.32 Å². The van der Waals surface area contributed by atoms with Gasteiger partial charge in [0.25, 0.3) is 0 Å². The molecule has 0 aromatic carbocycles. The van der Waals surface area contributed by atoms with Crippen LogP contribution >= 0.6 is 11.3 Å². The zero-order chi connectivity index (χ0) is 12.0. The van der Waals surface area contributed by atoms with Crippen molar-refractivity contribution in [1.29, 1.82) is 5.26 Å². The zero-order valence-electron chi connectivity index (χ0n) is 8.93. The second kappa shape index (κ2) is 6.23. The lowest BCUT2D eigenvalue weighted by Crippen LogP contribution is -2.32. The summed E-state index contributed by atoms with van der Waals surface area (Å²) in [6.07, 6.45) is 0. The minimum atomic E-state index is -0.185. The quantitative estimate of drug-likeness (QED) is 0.783. The summed E-state index contributed by atoms with van der Waals surface area (Å²) in [4.78, 5) is 13.2. The van der Waals surface area contributed by atoms with Crippen molar-refractivity contribution in [3.63, 3.8) is 0 Å². The first-order valence-electron chi connectivity index (χ1n) is 4.74. The van der Waals surface area contributed by atoms with Crippen LogP contribution in [-0.2, 0) is 4.79 Å². The molecule has 0 aliphatic heterocycles. The Kier molecular flexibility index (Phi) is 4.92. The fourth-order valence-corrected chi connectivity index (χ4v) is 1.91. The molecule has 1 rings (SSSR count). The molecule has 2 N–H and O–H groups in total. The van der Waals surface area contributed by atoms with E-state index in [-0.39, 0.29) is 19.1 Å². The molecule has 0 unspecified atom stereocenters. The van der Waals surface area contributed by atoms with E-state index in [0.29, 0.717) is 17.1 Å². The van der Waals surface area contributed by atoms with Crippen LogP contribution < -0.4 is 5.32 Å². The van der Waals surface area contributed by atoms with Gasteiger partial charge >= 0.3 is 0 Å². The third-order valence-electron chi connectivity index (χ3n) is 1.93. The molecule has 0 atom stereocenters. The fourth-order valence-electron chi connectivity index (χ4n) is 1.16. The van der Waals surface area contributed by atoms with Gasteiger partial charge < -0.3 is 10.4 Å². The van der Waals surface area contributed by atoms with Gasteiger partial charge in [0.05, 0.1) is 18.7 Å². The molecule has 1 heterocycles. The van der Waals surface area contributed by atoms with E-state index in [1.807, 2.05) is 6.07 Å². The molecular formula is C10H13N3O2S. The van der Waals surface area contributed by atoms with Gasteiger partial charge in [0, 0.05) is 6.54 Å². The summed E-state index contributed by atoms with van der Waals surface area (Å²) in [5.41, 5.74) is 0.475. The van der Waals surface area contributed by atoms with Gasteiger partial charge in [0.2, 0.25) is 5.91 Å². The van der Waals surface area contributed by atoms with Gasteiger partial charge in [-0.3, -0.25) is 9.69 Å². The molecule has 0 radical (unpaired) electrons. The van der Waals surface area contributed by atoms with Crippen molar-refractivity contribution in [3.05, 3.63) is 17.0 Å². The minimum Gasteiger partial charge on any atom is -0.395 e. The number of nitrogens with one attached hydrogen (secondary N) is 1. The van der Waals surface area contributed by atoms with Crippen LogP contribution in [0.3, 0.4) is 0 Å². The normalized spacial score (nSPS) is 10.1. The molecule has 6 heteroatoms. The number of aliphatic hydroxyl groups excluding tert-OH is 1. The molecule has 1 aromatic heterocycles. The second-order valence-electron chi connectivity index (χ2n) is 3.28. The summed E-state index contributed by atoms with van der Waals surface area (Å²) in [6, 6.07) is 3.67. The largest absolute Gasteiger partial charge is 0.395 e. The highest BCUT2D eigenvalue weighted by molar-refractivity contribution is 7.14. The van der Waals surface area contributed by atoms with Gasteiger partial charge in [-0.15, -0.1) is 11.3 Å². The Morgan fingerprint density at radius 3 is 3.12 bits per heavy atom. The Balaban J connectivity index is 2.49. The highest BCUT2D eigenvalue weighted by atomic mass is 32.1. The topological polar surface area (TPSA) is 76.4 Å². The molecule has 0 saturated heterocycles. The van der Waals surface area contributed by atoms with Crippen LogP contribution in [0.1, 0.15) is 5.56 Å². The standard InChI is InChI=1S/C10H13N3O2S/c1-13(3-4-14)7-9(15)12-10-8(6-11)2-5-16-10/h2,5,14H,3-4,7H2,1H3,(H,12,15). The predicted molar refractivity (Wildman–Crippen MR) is 62.2 cm³/mol. The number of likely N-dealkylation sites (N-methyl/N-ethyl adjacent to an activating group) is 1. The molecular weight excluding hydrogens is 226 g/mol. The summed E-state index contributed by atoms with van der Waals surface area (Å²) < 4.78 is 0. The zero-order valence-corrected chi connectivity index (χ0v) is 9.75. The molecule has 0 aliphatic rings. The third kappa shape index (κ3) is 3.62. The lowest BCUT2D eigenvalue weighted by Gasteiger charge is -2.13. The van der Waals surface area contributed by atoms with Crippen molar-refractivity contribution in [3.8, 4) is 6.07 Å². The Labute approximate surface area is 97.9 Å². The average molecular weight is 239 g/mol. The summed E-state index contributed by atoms with van der Waals surface area (Å²) in [6.45, 7) is 0.665. The highest BCUT2D eigenvalue weighted by Crippen LogP contribution is 2.21. The maximum Gasteiger partial charge on any atom is 0.239 e. The molecule has 0 aliphatic carbocycles. The molecule has 1 amide bonds. The van der Waals surface area contributed by atoms with Crippen LogP contribution in [0.4, 0.5) is 5.00 Å². The summed E-state index contributed by atoms with van der Waals surface area (Å²) >= 11 is 1.32. The first-order valence-corrected chi connectivity index (χ1v) is 5.62. The Morgan fingerprint density at radius 1 is 1.75 bits per heavy atom. The van der Waals surface area contributed by atoms with Crippen LogP contribution in [0.15, 0.2) is 11.4 Å². The Hall–Kier alpha value is -1.42. The fraction of sp³-hybridized carbons (Fsp3) is 0.400. The Bertz CT molecular complexity index is 397. The van der Waals surface area contributed by atoms with Crippen molar-refractivity contribution in [2.45, 2.75) is 0 Å². The van der Waals surface area contributed by atoms with Crippen LogP contribution in [0.2, 0.25) is 0 Å². The summed E-state index contributed by atoms with van der Waals surface area (Å²) in [5.74, 6) is -0.185. The van der Waals surface area contributed by atoms with E-state index >= 15 is 0 Å². The smallest absolute Gasteiger partial charge is 0.239 e. The molecule has 0 spiro atoms. The maximum atomic E-state index is 11.5. The molecule has 86 valence electrons. The predicted octanol–water partition coefficient (Wildman–Crippen LogP) is 0.482. The van der Waals surface area contributed by atoms with Crippen LogP contribution in [0.25, 0.3) is 0 Å². The monoisotopic (exact) mass is 239 g/mol. The second-order valence-corrected chi connectivity index (χ2v) is 4.20. The number of nitriles is 1. The van der Waals surface area contributed by atoms with Crippen molar-refractivity contribution in [2.75, 3.05) is 32.1 Å². The lowest BCUT2D eigenvalue weighted by atomic mass is 10.3. The van der Waals surface area contributed by atoms with E-state index in [4.69, 9.17) is 10.4 Å². The number of carbonyl (C=O) groups is 1. The van der Waals surface area contributed by atoms with Gasteiger partial charge in [-0.1, -0.05) is 0 Å². The number of thiophene rings is 1. The number of rotatable bonds is 5. The number of hydrogen-bond acceptors (Lipinski definition) is 5. The molecule has 16 heavy (non-hydrogen) atoms. The number of anilines is 1. The van der Waals surface area contributed by atoms with E-state index in [1.54, 1.807) is 23.4 Å². The van der Waals surface area contributed by atoms with Crippen molar-refractivity contribution in [1.82, 2.24) is 4.90 Å². The summed E-state index contributed by atoms with van der Waals surface area (Å²) in [5, 5.41) is 22.4. The lowest BCUT2D eigenvalue weighted by molar-refractivity contribution is -0.117. The molecule has 0 saturated carbocycles. The van der Waals surface area contributed by atoms with E-state index in [9.17, 15) is 4.79 Å². The molecule has 0 fully saturated rings. The number of hydrogen-bond donors (Lipinski definition) is 2. The van der Waals surface area contributed by atoms with Crippen molar-refractivity contribution in [2.24, 2.45) is 0 Å². The first-order chi connectivity index (χ1) is 7.67. The number of amides is 1. The average Bonchev–Trinajstić information content (AvgIpc) is 2.65. The first kappa shape index (κ1) is 12.6. The van der Waals surface area contributed by atoms with Crippen LogP contribution in [0.5, 0.6) is 0 Å². The summed E-state index contributed by atoms with van der Waals surface area (Å²) in [7, 11) is 1.75. The van der Waals surface area contributed by atoms with Gasteiger partial charge in [-0.05, 0) is 18.5 Å². The SMILES string of the molecule is CN(CCO)CC(=O)Nc1sccc1C#N. The van der Waals surface area contributed by atoms with Crippen LogP contribution in [-0.4, -0.2) is 42.7 Å². The van der Waals surface area contributed by atoms with E-state index in [0.717, 1.165) is 0 Å². The van der Waals surface area contributed by atoms with E-state index in [1.165, 1.54) is 11.3 Å². The highest BCUT2D eigenvalue weighted by Gasteiger charge is 2.09. The maximum absolute atomic E-state index is 11.5. The Morgan fingerprint density at radius 2 is 2.50 bits per heavy atom. The van der Waals surface area contributed by atoms with Crippen LogP contribution in [0, 0.1) is 11.3 Å². The van der Waals surface area contributed by atoms with Gasteiger partial charge in [-0.2, -0.15) is 5.26 Å². The van der Waals surface area contributed by atoms with E-state index < -0.39 is 0 Å². The van der Waals surface area contributed by atoms with Gasteiger partial charge in [-0.25, -0.2) is 0 Å². The number of carbonyl (C=O) groups excluding carboxylic acids is 1. The van der Waals surface area contributed by atoms with Gasteiger partial charge in [0.15, 0.2) is 0 Å². The number of aliphatic hydroxyl groups is 1. The van der Waals surface area contributed by atoms with Crippen molar-refractivity contribution >= 4 is 22.2 Å². The molecule has 5 nitrogen and oxygen atoms in total. The minimum absolute atomic E-state index is 0.0201. The van der Waals surface area contributed by atoms with Gasteiger partial charge in [0.1, 0.15) is 11.1 Å². The molecule has 0 bridgehead atoms. The third-order valence-corrected chi connectivity index (χ3v) is 2.76. The molecule has 1 aromatic rings.